The average molecular weight is 272 g/mol. The van der Waals surface area contributed by atoms with E-state index in [4.69, 9.17) is 4.74 Å². The average Bonchev–Trinajstić information content (AvgIpc) is 2.74. The Morgan fingerprint density at radius 2 is 1.75 bits per heavy atom. The Labute approximate surface area is 123 Å². The van der Waals surface area contributed by atoms with Crippen LogP contribution in [-0.2, 0) is 0 Å². The zero-order valence-electron chi connectivity index (χ0n) is 13.8. The molecule has 20 heavy (non-hydrogen) atoms. The van der Waals surface area contributed by atoms with Crippen LogP contribution in [0.15, 0.2) is 12.1 Å². The number of benzene rings is 1. The van der Waals surface area contributed by atoms with E-state index >= 15 is 0 Å². The third-order valence-electron chi connectivity index (χ3n) is 7.02. The quantitative estimate of drug-likeness (QED) is 0.715. The van der Waals surface area contributed by atoms with Gasteiger partial charge in [0.2, 0.25) is 0 Å². The summed E-state index contributed by atoms with van der Waals surface area (Å²) in [6.45, 7) is 11.9. The smallest absolute Gasteiger partial charge is 0.122 e. The molecule has 1 heteroatoms. The first kappa shape index (κ1) is 14.0. The van der Waals surface area contributed by atoms with Gasteiger partial charge in [0.1, 0.15) is 5.75 Å². The fourth-order valence-electron chi connectivity index (χ4n) is 4.94. The Balaban J connectivity index is 2.10. The predicted octanol–water partition coefficient (Wildman–Crippen LogP) is 5.24. The van der Waals surface area contributed by atoms with Crippen molar-refractivity contribution in [3.63, 3.8) is 0 Å². The van der Waals surface area contributed by atoms with Gasteiger partial charge in [0.05, 0.1) is 7.11 Å². The molecule has 0 radical (unpaired) electrons. The maximum Gasteiger partial charge on any atom is 0.122 e. The topological polar surface area (TPSA) is 9.23 Å². The van der Waals surface area contributed by atoms with Crippen molar-refractivity contribution in [1.82, 2.24) is 0 Å². The van der Waals surface area contributed by atoms with Crippen LogP contribution in [0.25, 0.3) is 0 Å². The number of ether oxygens (including phenoxy) is 1. The maximum atomic E-state index is 5.71. The van der Waals surface area contributed by atoms with E-state index in [0.717, 1.165) is 11.7 Å². The highest BCUT2D eigenvalue weighted by molar-refractivity contribution is 5.46. The Morgan fingerprint density at radius 1 is 1.10 bits per heavy atom. The van der Waals surface area contributed by atoms with Crippen molar-refractivity contribution in [2.75, 3.05) is 7.11 Å². The molecule has 1 nitrogen and oxygen atoms in total. The molecular formula is C19H28O. The van der Waals surface area contributed by atoms with Crippen LogP contribution in [0, 0.1) is 30.6 Å². The summed E-state index contributed by atoms with van der Waals surface area (Å²) in [5, 5.41) is 0. The first-order chi connectivity index (χ1) is 9.31. The summed E-state index contributed by atoms with van der Waals surface area (Å²) in [5.41, 5.74) is 5.06. The fraction of sp³-hybridized carbons (Fsp3) is 0.684. The van der Waals surface area contributed by atoms with Gasteiger partial charge in [0.25, 0.3) is 0 Å². The summed E-state index contributed by atoms with van der Waals surface area (Å²) in [5.74, 6) is 2.64. The van der Waals surface area contributed by atoms with Crippen molar-refractivity contribution in [2.45, 2.75) is 59.8 Å². The van der Waals surface area contributed by atoms with Gasteiger partial charge in [-0.2, -0.15) is 0 Å². The molecule has 1 aromatic rings. The lowest BCUT2D eigenvalue weighted by atomic mass is 9.65. The molecule has 2 aliphatic carbocycles. The molecule has 1 aromatic carbocycles. The molecule has 0 N–H and O–H groups in total. The molecule has 2 aliphatic rings. The van der Waals surface area contributed by atoms with Crippen LogP contribution in [0.4, 0.5) is 0 Å². The molecule has 110 valence electrons. The highest BCUT2D eigenvalue weighted by atomic mass is 16.5. The molecule has 0 aromatic heterocycles. The largest absolute Gasteiger partial charge is 0.496 e. The molecule has 2 bridgehead atoms. The van der Waals surface area contributed by atoms with E-state index in [1.54, 1.807) is 0 Å². The molecule has 3 atom stereocenters. The van der Waals surface area contributed by atoms with Crippen molar-refractivity contribution in [1.29, 1.82) is 0 Å². The predicted molar refractivity (Wildman–Crippen MR) is 84.4 cm³/mol. The number of hydrogen-bond donors (Lipinski definition) is 0. The standard InChI is InChI=1S/C19H28O/c1-12-9-15(17(20-6)10-13(12)2)16-11-14-7-8-19(16,5)18(14,3)4/h9-10,14,16H,7-8,11H2,1-6H3/t14-,16+,19+/m0/s1. The minimum Gasteiger partial charge on any atom is -0.496 e. The van der Waals surface area contributed by atoms with Crippen LogP contribution in [0.5, 0.6) is 5.75 Å². The Bertz CT molecular complexity index is 543. The second kappa shape index (κ2) is 4.26. The zero-order chi connectivity index (χ0) is 14.7. The van der Waals surface area contributed by atoms with E-state index in [1.165, 1.54) is 36.0 Å². The molecule has 0 saturated heterocycles. The Hall–Kier alpha value is -0.980. The second-order valence-electron chi connectivity index (χ2n) is 7.84. The molecule has 0 amide bonds. The summed E-state index contributed by atoms with van der Waals surface area (Å²) in [6, 6.07) is 4.62. The lowest BCUT2D eigenvalue weighted by Crippen LogP contribution is -2.31. The van der Waals surface area contributed by atoms with Crippen LogP contribution < -0.4 is 4.74 Å². The van der Waals surface area contributed by atoms with Crippen molar-refractivity contribution < 1.29 is 4.74 Å². The van der Waals surface area contributed by atoms with Crippen molar-refractivity contribution in [3.05, 3.63) is 28.8 Å². The number of fused-ring (bicyclic) bond motifs is 2. The maximum absolute atomic E-state index is 5.71. The second-order valence-corrected chi connectivity index (χ2v) is 7.84. The van der Waals surface area contributed by atoms with Gasteiger partial charge in [-0.3, -0.25) is 0 Å². The van der Waals surface area contributed by atoms with Gasteiger partial charge >= 0.3 is 0 Å². The van der Waals surface area contributed by atoms with E-state index in [2.05, 4.69) is 46.8 Å². The third kappa shape index (κ3) is 1.61. The van der Waals surface area contributed by atoms with Crippen molar-refractivity contribution in [3.8, 4) is 5.75 Å². The molecule has 2 saturated carbocycles. The van der Waals surface area contributed by atoms with E-state index < -0.39 is 0 Å². The monoisotopic (exact) mass is 272 g/mol. The summed E-state index contributed by atoms with van der Waals surface area (Å²) >= 11 is 0. The number of aryl methyl sites for hydroxylation is 2. The molecule has 0 spiro atoms. The van der Waals surface area contributed by atoms with Gasteiger partial charge < -0.3 is 4.74 Å². The fourth-order valence-corrected chi connectivity index (χ4v) is 4.94. The molecule has 2 fully saturated rings. The van der Waals surface area contributed by atoms with Crippen molar-refractivity contribution in [2.24, 2.45) is 16.7 Å². The van der Waals surface area contributed by atoms with Gasteiger partial charge in [-0.15, -0.1) is 0 Å². The summed E-state index contributed by atoms with van der Waals surface area (Å²) in [6.07, 6.45) is 4.11. The zero-order valence-corrected chi connectivity index (χ0v) is 13.8. The van der Waals surface area contributed by atoms with Crippen LogP contribution >= 0.6 is 0 Å². The van der Waals surface area contributed by atoms with E-state index in [0.29, 0.717) is 16.7 Å². The third-order valence-corrected chi connectivity index (χ3v) is 7.02. The van der Waals surface area contributed by atoms with E-state index in [9.17, 15) is 0 Å². The van der Waals surface area contributed by atoms with E-state index in [-0.39, 0.29) is 0 Å². The summed E-state index contributed by atoms with van der Waals surface area (Å²) in [7, 11) is 1.81. The molecule has 0 heterocycles. The lowest BCUT2D eigenvalue weighted by Gasteiger charge is -2.40. The number of hydrogen-bond acceptors (Lipinski definition) is 1. The SMILES string of the molecule is COc1cc(C)c(C)cc1[C@H]1C[C@@H]2CC[C@@]1(C)C2(C)C. The van der Waals surface area contributed by atoms with Crippen molar-refractivity contribution >= 4 is 0 Å². The molecule has 0 aliphatic heterocycles. The van der Waals surface area contributed by atoms with Gasteiger partial charge in [-0.25, -0.2) is 0 Å². The van der Waals surface area contributed by atoms with Crippen LogP contribution in [0.2, 0.25) is 0 Å². The van der Waals surface area contributed by atoms with Crippen LogP contribution in [0.1, 0.15) is 62.6 Å². The number of methoxy groups -OCH3 is 1. The minimum absolute atomic E-state index is 0.423. The first-order valence-corrected chi connectivity index (χ1v) is 7.96. The minimum atomic E-state index is 0.423. The lowest BCUT2D eigenvalue weighted by molar-refractivity contribution is 0.133. The molecule has 3 rings (SSSR count). The normalized spacial score (nSPS) is 34.5. The summed E-state index contributed by atoms with van der Waals surface area (Å²) < 4.78 is 5.71. The van der Waals surface area contributed by atoms with Gasteiger partial charge in [0, 0.05) is 0 Å². The van der Waals surface area contributed by atoms with Gasteiger partial charge in [-0.1, -0.05) is 26.8 Å². The van der Waals surface area contributed by atoms with Crippen LogP contribution in [0.3, 0.4) is 0 Å². The summed E-state index contributed by atoms with van der Waals surface area (Å²) in [4.78, 5) is 0. The van der Waals surface area contributed by atoms with Gasteiger partial charge in [0.15, 0.2) is 0 Å². The highest BCUT2D eigenvalue weighted by Gasteiger charge is 2.61. The Morgan fingerprint density at radius 3 is 2.25 bits per heavy atom. The van der Waals surface area contributed by atoms with Crippen LogP contribution in [-0.4, -0.2) is 7.11 Å². The van der Waals surface area contributed by atoms with E-state index in [1.807, 2.05) is 7.11 Å². The molecular weight excluding hydrogens is 244 g/mol. The van der Waals surface area contributed by atoms with Gasteiger partial charge in [-0.05, 0) is 78.5 Å². The molecule has 0 unspecified atom stereocenters. The first-order valence-electron chi connectivity index (χ1n) is 7.96. The number of rotatable bonds is 2. The highest BCUT2D eigenvalue weighted by Crippen LogP contribution is 2.71. The Kier molecular flexibility index (Phi) is 2.97.